The minimum absolute atomic E-state index is 0.315. The molecule has 2 aromatic carbocycles. The summed E-state index contributed by atoms with van der Waals surface area (Å²) in [7, 11) is 2.01. The molecule has 2 aromatic rings. The number of nitrogens with zero attached hydrogens (tertiary/aromatic N) is 1. The molecule has 3 heteroatoms. The molecule has 0 spiro atoms. The molecular weight excluding hydrogens is 296 g/mol. The first-order valence-electron chi connectivity index (χ1n) is 9.16. The van der Waals surface area contributed by atoms with Gasteiger partial charge in [0.05, 0.1) is 0 Å². The van der Waals surface area contributed by atoms with Gasteiger partial charge in [-0.15, -0.1) is 0 Å². The van der Waals surface area contributed by atoms with Gasteiger partial charge in [0.25, 0.3) is 0 Å². The topological polar surface area (TPSA) is 32.3 Å². The van der Waals surface area contributed by atoms with Gasteiger partial charge in [0, 0.05) is 19.5 Å². The van der Waals surface area contributed by atoms with Gasteiger partial charge in [-0.05, 0) is 61.5 Å². The zero-order valence-corrected chi connectivity index (χ0v) is 14.6. The van der Waals surface area contributed by atoms with Gasteiger partial charge in [0.2, 0.25) is 5.91 Å². The molecule has 1 amide bonds. The largest absolute Gasteiger partial charge is 0.343 e. The van der Waals surface area contributed by atoms with Crippen LogP contribution in [-0.2, 0) is 11.2 Å². The second-order valence-electron chi connectivity index (χ2n) is 6.90. The number of rotatable bonds is 6. The molecule has 0 saturated carbocycles. The van der Waals surface area contributed by atoms with Crippen LogP contribution in [0.5, 0.6) is 0 Å². The summed E-state index contributed by atoms with van der Waals surface area (Å²) in [6.07, 6.45) is 5.01. The minimum atomic E-state index is 0.315. The number of hydrogen-bond donors (Lipinski definition) is 1. The Bertz CT molecular complexity index is 674. The lowest BCUT2D eigenvalue weighted by Gasteiger charge is -2.32. The minimum Gasteiger partial charge on any atom is -0.343 e. The van der Waals surface area contributed by atoms with Crippen molar-refractivity contribution in [2.45, 2.75) is 32.1 Å². The van der Waals surface area contributed by atoms with Gasteiger partial charge in [-0.1, -0.05) is 42.5 Å². The summed E-state index contributed by atoms with van der Waals surface area (Å²) < 4.78 is 0. The molecule has 3 rings (SSSR count). The van der Waals surface area contributed by atoms with Crippen LogP contribution in [0.2, 0.25) is 0 Å². The molecule has 0 atom stereocenters. The van der Waals surface area contributed by atoms with Crippen LogP contribution in [0.15, 0.2) is 42.5 Å². The fourth-order valence-corrected chi connectivity index (χ4v) is 3.62. The number of fused-ring (bicyclic) bond motifs is 1. The molecule has 3 nitrogen and oxygen atoms in total. The van der Waals surface area contributed by atoms with Crippen molar-refractivity contribution in [1.29, 1.82) is 0 Å². The number of nitrogens with one attached hydrogen (secondary N) is 1. The van der Waals surface area contributed by atoms with Crippen molar-refractivity contribution in [2.75, 3.05) is 26.7 Å². The third kappa shape index (κ3) is 4.35. The van der Waals surface area contributed by atoms with Gasteiger partial charge < -0.3 is 10.2 Å². The third-order valence-electron chi connectivity index (χ3n) is 5.21. The summed E-state index contributed by atoms with van der Waals surface area (Å²) in [5, 5.41) is 5.74. The van der Waals surface area contributed by atoms with E-state index in [9.17, 15) is 4.79 Å². The molecule has 1 aliphatic heterocycles. The number of carbonyl (C=O) groups excluding carboxylic acids is 1. The van der Waals surface area contributed by atoms with E-state index in [-0.39, 0.29) is 0 Å². The Kier molecular flexibility index (Phi) is 5.86. The lowest BCUT2D eigenvalue weighted by Crippen LogP contribution is -2.39. The van der Waals surface area contributed by atoms with Crippen molar-refractivity contribution in [1.82, 2.24) is 10.2 Å². The second-order valence-corrected chi connectivity index (χ2v) is 6.90. The molecule has 0 unspecified atom stereocenters. The first-order chi connectivity index (χ1) is 11.8. The van der Waals surface area contributed by atoms with Crippen molar-refractivity contribution in [2.24, 2.45) is 5.92 Å². The number of aryl methyl sites for hydroxylation is 1. The number of benzene rings is 2. The van der Waals surface area contributed by atoms with E-state index in [0.29, 0.717) is 12.3 Å². The first-order valence-corrected chi connectivity index (χ1v) is 9.16. The van der Waals surface area contributed by atoms with Crippen LogP contribution in [0.25, 0.3) is 10.8 Å². The highest BCUT2D eigenvalue weighted by Gasteiger charge is 2.22. The normalized spacial score (nSPS) is 15.8. The molecule has 1 fully saturated rings. The maximum atomic E-state index is 12.5. The van der Waals surface area contributed by atoms with Gasteiger partial charge in [0.15, 0.2) is 0 Å². The molecule has 128 valence electrons. The number of likely N-dealkylation sites (tertiary alicyclic amines) is 1. The predicted molar refractivity (Wildman–Crippen MR) is 100 cm³/mol. The molecule has 0 aromatic heterocycles. The maximum absolute atomic E-state index is 12.5. The Balaban J connectivity index is 1.48. The summed E-state index contributed by atoms with van der Waals surface area (Å²) >= 11 is 0. The predicted octanol–water partition coefficient (Wildman–Crippen LogP) is 3.62. The molecule has 24 heavy (non-hydrogen) atoms. The van der Waals surface area contributed by atoms with Crippen LogP contribution in [0.4, 0.5) is 0 Å². The van der Waals surface area contributed by atoms with Crippen molar-refractivity contribution >= 4 is 16.7 Å². The van der Waals surface area contributed by atoms with E-state index in [2.05, 4.69) is 52.7 Å². The quantitative estimate of drug-likeness (QED) is 0.880. The van der Waals surface area contributed by atoms with E-state index >= 15 is 0 Å². The average Bonchev–Trinajstić information content (AvgIpc) is 2.64. The van der Waals surface area contributed by atoms with Crippen molar-refractivity contribution in [3.05, 3.63) is 48.0 Å². The highest BCUT2D eigenvalue weighted by atomic mass is 16.2. The number of amides is 1. The first kappa shape index (κ1) is 17.0. The summed E-state index contributed by atoms with van der Waals surface area (Å²) in [5.41, 5.74) is 1.26. The average molecular weight is 324 g/mol. The summed E-state index contributed by atoms with van der Waals surface area (Å²) in [6.45, 7) is 2.95. The van der Waals surface area contributed by atoms with Crippen molar-refractivity contribution in [3.8, 4) is 0 Å². The second kappa shape index (κ2) is 8.29. The SMILES string of the molecule is CNCCC1CCN(C(=O)CCc2ccc3ccccc3c2)CC1. The zero-order valence-electron chi connectivity index (χ0n) is 14.6. The lowest BCUT2D eigenvalue weighted by molar-refractivity contribution is -0.132. The highest BCUT2D eigenvalue weighted by molar-refractivity contribution is 5.83. The van der Waals surface area contributed by atoms with Gasteiger partial charge in [0.1, 0.15) is 0 Å². The Morgan fingerprint density at radius 1 is 1.12 bits per heavy atom. The highest BCUT2D eigenvalue weighted by Crippen LogP contribution is 2.21. The zero-order chi connectivity index (χ0) is 16.8. The number of carbonyl (C=O) groups is 1. The van der Waals surface area contributed by atoms with Crippen LogP contribution >= 0.6 is 0 Å². The maximum Gasteiger partial charge on any atom is 0.222 e. The molecule has 1 saturated heterocycles. The van der Waals surface area contributed by atoms with Gasteiger partial charge in [-0.3, -0.25) is 4.79 Å². The number of hydrogen-bond acceptors (Lipinski definition) is 2. The van der Waals surface area contributed by atoms with Crippen molar-refractivity contribution < 1.29 is 4.79 Å². The Labute approximate surface area is 145 Å². The van der Waals surface area contributed by atoms with Crippen LogP contribution in [0, 0.1) is 5.92 Å². The van der Waals surface area contributed by atoms with E-state index < -0.39 is 0 Å². The van der Waals surface area contributed by atoms with E-state index in [1.165, 1.54) is 22.8 Å². The Morgan fingerprint density at radius 3 is 2.62 bits per heavy atom. The fourth-order valence-electron chi connectivity index (χ4n) is 3.62. The summed E-state index contributed by atoms with van der Waals surface area (Å²) in [4.78, 5) is 14.5. The Morgan fingerprint density at radius 2 is 1.88 bits per heavy atom. The Hall–Kier alpha value is -1.87. The molecule has 0 aliphatic carbocycles. The molecule has 1 aliphatic rings. The van der Waals surface area contributed by atoms with Gasteiger partial charge in [-0.25, -0.2) is 0 Å². The van der Waals surface area contributed by atoms with Crippen LogP contribution < -0.4 is 5.32 Å². The van der Waals surface area contributed by atoms with Crippen LogP contribution in [0.1, 0.15) is 31.2 Å². The van der Waals surface area contributed by atoms with Gasteiger partial charge >= 0.3 is 0 Å². The van der Waals surface area contributed by atoms with Gasteiger partial charge in [-0.2, -0.15) is 0 Å². The lowest BCUT2D eigenvalue weighted by atomic mass is 9.93. The van der Waals surface area contributed by atoms with Crippen LogP contribution in [0.3, 0.4) is 0 Å². The fraction of sp³-hybridized carbons (Fsp3) is 0.476. The van der Waals surface area contributed by atoms with E-state index in [1.807, 2.05) is 7.05 Å². The molecule has 1 heterocycles. The monoisotopic (exact) mass is 324 g/mol. The number of piperidine rings is 1. The van der Waals surface area contributed by atoms with Crippen molar-refractivity contribution in [3.63, 3.8) is 0 Å². The molecular formula is C21H28N2O. The van der Waals surface area contributed by atoms with E-state index in [4.69, 9.17) is 0 Å². The van der Waals surface area contributed by atoms with E-state index in [0.717, 1.165) is 44.8 Å². The molecule has 1 N–H and O–H groups in total. The molecule has 0 bridgehead atoms. The molecule has 0 radical (unpaired) electrons. The van der Waals surface area contributed by atoms with Crippen LogP contribution in [-0.4, -0.2) is 37.5 Å². The summed E-state index contributed by atoms with van der Waals surface area (Å²) in [5.74, 6) is 1.09. The standard InChI is InChI=1S/C21H28N2O/c1-22-13-10-17-11-14-23(15-12-17)21(24)9-7-18-6-8-19-4-2-3-5-20(19)16-18/h2-6,8,16-17,22H,7,9-15H2,1H3. The third-order valence-corrected chi connectivity index (χ3v) is 5.21. The summed E-state index contributed by atoms with van der Waals surface area (Å²) in [6, 6.07) is 14.9. The smallest absolute Gasteiger partial charge is 0.222 e. The van der Waals surface area contributed by atoms with E-state index in [1.54, 1.807) is 0 Å².